The van der Waals surface area contributed by atoms with Gasteiger partial charge < -0.3 is 9.64 Å². The van der Waals surface area contributed by atoms with E-state index in [9.17, 15) is 4.79 Å². The lowest BCUT2D eigenvalue weighted by atomic mass is 9.95. The molecule has 5 rings (SSSR count). The van der Waals surface area contributed by atoms with Gasteiger partial charge >= 0.3 is 0 Å². The molecule has 2 heterocycles. The average Bonchev–Trinajstić information content (AvgIpc) is 3.66. The highest BCUT2D eigenvalue weighted by molar-refractivity contribution is 5.88. The largest absolute Gasteiger partial charge is 0.490 e. The van der Waals surface area contributed by atoms with Crippen LogP contribution in [0, 0.1) is 12.8 Å². The Morgan fingerprint density at radius 3 is 2.66 bits per heavy atom. The van der Waals surface area contributed by atoms with Crippen LogP contribution in [-0.4, -0.2) is 34.5 Å². The maximum Gasteiger partial charge on any atom is 0.225 e. The number of benzene rings is 2. The van der Waals surface area contributed by atoms with Crippen LogP contribution in [0.15, 0.2) is 54.7 Å². The molecular formula is C28H32N2O2. The third-order valence-corrected chi connectivity index (χ3v) is 7.00. The summed E-state index contributed by atoms with van der Waals surface area (Å²) >= 11 is 0. The predicted molar refractivity (Wildman–Crippen MR) is 129 cm³/mol. The van der Waals surface area contributed by atoms with Crippen molar-refractivity contribution in [1.82, 2.24) is 9.88 Å². The minimum absolute atomic E-state index is 0.173. The summed E-state index contributed by atoms with van der Waals surface area (Å²) in [6.07, 6.45) is 8.19. The highest BCUT2D eigenvalue weighted by atomic mass is 16.5. The van der Waals surface area contributed by atoms with Crippen molar-refractivity contribution in [2.45, 2.75) is 64.5 Å². The van der Waals surface area contributed by atoms with E-state index in [0.717, 1.165) is 56.3 Å². The molecule has 1 aromatic heterocycles. The first-order valence-corrected chi connectivity index (χ1v) is 12.1. The van der Waals surface area contributed by atoms with Crippen LogP contribution in [-0.2, 0) is 4.79 Å². The Balaban J connectivity index is 1.28. The fourth-order valence-corrected chi connectivity index (χ4v) is 5.09. The van der Waals surface area contributed by atoms with E-state index in [4.69, 9.17) is 4.74 Å². The van der Waals surface area contributed by atoms with Gasteiger partial charge in [0, 0.05) is 42.9 Å². The molecule has 0 bridgehead atoms. The number of hydrogen-bond acceptors (Lipinski definition) is 3. The monoisotopic (exact) mass is 428 g/mol. The van der Waals surface area contributed by atoms with Crippen LogP contribution in [0.5, 0.6) is 5.75 Å². The lowest BCUT2D eigenvalue weighted by Gasteiger charge is -2.39. The first-order chi connectivity index (χ1) is 15.6. The molecule has 4 heteroatoms. The lowest BCUT2D eigenvalue weighted by Crippen LogP contribution is -2.49. The van der Waals surface area contributed by atoms with Crippen LogP contribution in [0.25, 0.3) is 22.0 Å². The third-order valence-electron chi connectivity index (χ3n) is 7.00. The fraction of sp³-hybridized carbons (Fsp3) is 0.429. The molecular weight excluding hydrogens is 396 g/mol. The number of aryl methyl sites for hydroxylation is 1. The van der Waals surface area contributed by atoms with Gasteiger partial charge in [-0.2, -0.15) is 0 Å². The first-order valence-electron chi connectivity index (χ1n) is 12.1. The van der Waals surface area contributed by atoms with Crippen LogP contribution < -0.4 is 4.74 Å². The highest BCUT2D eigenvalue weighted by Gasteiger charge is 2.39. The minimum atomic E-state index is 0.173. The zero-order valence-electron chi connectivity index (χ0n) is 19.1. The Bertz CT molecular complexity index is 1100. The number of carbonyl (C=O) groups is 1. The lowest BCUT2D eigenvalue weighted by molar-refractivity contribution is -0.137. The molecule has 0 unspecified atom stereocenters. The topological polar surface area (TPSA) is 42.4 Å². The molecule has 32 heavy (non-hydrogen) atoms. The minimum Gasteiger partial charge on any atom is -0.490 e. The standard InChI is InChI=1S/C28H32N2O2/c1-3-5-23-18-25(15-17-30(23)28(31)22-7-8-22)32-24-12-9-20(10-13-24)26-14-11-21-6-4-16-29-27(21)19(26)2/h4,6,9-14,16,22-23,25H,3,5,7-8,15,17-18H2,1-2H3/t23-,25-/m0/s1. The second kappa shape index (κ2) is 8.93. The predicted octanol–water partition coefficient (Wildman–Crippen LogP) is 6.16. The van der Waals surface area contributed by atoms with Crippen molar-refractivity contribution in [3.05, 3.63) is 60.3 Å². The molecule has 0 spiro atoms. The highest BCUT2D eigenvalue weighted by Crippen LogP contribution is 2.35. The number of ether oxygens (including phenoxy) is 1. The zero-order valence-corrected chi connectivity index (χ0v) is 19.1. The van der Waals surface area contributed by atoms with Crippen molar-refractivity contribution < 1.29 is 9.53 Å². The van der Waals surface area contributed by atoms with Gasteiger partial charge in [-0.25, -0.2) is 0 Å². The Morgan fingerprint density at radius 2 is 1.91 bits per heavy atom. The van der Waals surface area contributed by atoms with Gasteiger partial charge in [-0.15, -0.1) is 0 Å². The van der Waals surface area contributed by atoms with E-state index >= 15 is 0 Å². The van der Waals surface area contributed by atoms with Gasteiger partial charge in [0.1, 0.15) is 11.9 Å². The number of fused-ring (bicyclic) bond motifs is 1. The van der Waals surface area contributed by atoms with Gasteiger partial charge in [-0.05, 0) is 61.1 Å². The number of pyridine rings is 1. The Labute approximate surface area is 190 Å². The quantitative estimate of drug-likeness (QED) is 0.472. The molecule has 2 fully saturated rings. The van der Waals surface area contributed by atoms with Crippen molar-refractivity contribution >= 4 is 16.8 Å². The van der Waals surface area contributed by atoms with Crippen molar-refractivity contribution in [3.63, 3.8) is 0 Å². The summed E-state index contributed by atoms with van der Waals surface area (Å²) in [5.74, 6) is 1.59. The maximum atomic E-state index is 12.7. The van der Waals surface area contributed by atoms with Crippen molar-refractivity contribution in [2.75, 3.05) is 6.54 Å². The van der Waals surface area contributed by atoms with Crippen LogP contribution in [0.4, 0.5) is 0 Å². The van der Waals surface area contributed by atoms with Crippen molar-refractivity contribution in [3.8, 4) is 16.9 Å². The van der Waals surface area contributed by atoms with Gasteiger partial charge in [0.05, 0.1) is 5.52 Å². The number of piperidine rings is 1. The Hall–Kier alpha value is -2.88. The summed E-state index contributed by atoms with van der Waals surface area (Å²) in [5, 5.41) is 1.17. The van der Waals surface area contributed by atoms with E-state index in [2.05, 4.69) is 66.2 Å². The molecule has 3 aromatic rings. The van der Waals surface area contributed by atoms with Gasteiger partial charge in [0.15, 0.2) is 0 Å². The Kier molecular flexibility index (Phi) is 5.86. The molecule has 1 amide bonds. The number of amides is 1. The average molecular weight is 429 g/mol. The number of carbonyl (C=O) groups excluding carboxylic acids is 1. The first kappa shape index (κ1) is 21.0. The van der Waals surface area contributed by atoms with E-state index in [0.29, 0.717) is 17.9 Å². The molecule has 2 aliphatic rings. The molecule has 166 valence electrons. The summed E-state index contributed by atoms with van der Waals surface area (Å²) in [4.78, 5) is 19.4. The summed E-state index contributed by atoms with van der Waals surface area (Å²) in [5.41, 5.74) is 4.64. The molecule has 4 nitrogen and oxygen atoms in total. The molecule has 2 aromatic carbocycles. The molecule has 2 atom stereocenters. The maximum absolute atomic E-state index is 12.7. The van der Waals surface area contributed by atoms with E-state index in [1.165, 1.54) is 22.1 Å². The fourth-order valence-electron chi connectivity index (χ4n) is 5.09. The van der Waals surface area contributed by atoms with E-state index < -0.39 is 0 Å². The normalized spacial score (nSPS) is 21.0. The molecule has 1 aliphatic heterocycles. The van der Waals surface area contributed by atoms with Gasteiger partial charge in [-0.1, -0.05) is 43.7 Å². The number of rotatable bonds is 6. The van der Waals surface area contributed by atoms with E-state index in [-0.39, 0.29) is 6.10 Å². The van der Waals surface area contributed by atoms with Gasteiger partial charge in [-0.3, -0.25) is 9.78 Å². The van der Waals surface area contributed by atoms with Crippen LogP contribution in [0.2, 0.25) is 0 Å². The van der Waals surface area contributed by atoms with Gasteiger partial charge in [0.2, 0.25) is 5.91 Å². The molecule has 1 saturated heterocycles. The summed E-state index contributed by atoms with van der Waals surface area (Å²) in [6, 6.07) is 17.2. The number of aromatic nitrogens is 1. The smallest absolute Gasteiger partial charge is 0.225 e. The number of likely N-dealkylation sites (tertiary alicyclic amines) is 1. The molecule has 0 radical (unpaired) electrons. The van der Waals surface area contributed by atoms with E-state index in [1.54, 1.807) is 0 Å². The second-order valence-electron chi connectivity index (χ2n) is 9.35. The molecule has 0 N–H and O–H groups in total. The third kappa shape index (κ3) is 4.23. The van der Waals surface area contributed by atoms with Crippen molar-refractivity contribution in [2.24, 2.45) is 5.92 Å². The number of hydrogen-bond donors (Lipinski definition) is 0. The number of nitrogens with zero attached hydrogens (tertiary/aromatic N) is 2. The van der Waals surface area contributed by atoms with Crippen LogP contribution in [0.3, 0.4) is 0 Å². The van der Waals surface area contributed by atoms with Crippen molar-refractivity contribution in [1.29, 1.82) is 0 Å². The SMILES string of the molecule is CCC[C@H]1C[C@@H](Oc2ccc(-c3ccc4cccnc4c3C)cc2)CCN1C(=O)C1CC1. The molecule has 1 saturated carbocycles. The van der Waals surface area contributed by atoms with Gasteiger partial charge in [0.25, 0.3) is 0 Å². The summed E-state index contributed by atoms with van der Waals surface area (Å²) < 4.78 is 6.38. The van der Waals surface area contributed by atoms with E-state index in [1.807, 2.05) is 12.3 Å². The van der Waals surface area contributed by atoms with Crippen LogP contribution >= 0.6 is 0 Å². The zero-order chi connectivity index (χ0) is 22.1. The summed E-state index contributed by atoms with van der Waals surface area (Å²) in [6.45, 7) is 5.17. The summed E-state index contributed by atoms with van der Waals surface area (Å²) in [7, 11) is 0. The van der Waals surface area contributed by atoms with Crippen LogP contribution in [0.1, 0.15) is 51.0 Å². The Morgan fingerprint density at radius 1 is 1.09 bits per heavy atom. The molecule has 1 aliphatic carbocycles. The second-order valence-corrected chi connectivity index (χ2v) is 9.35.